The summed E-state index contributed by atoms with van der Waals surface area (Å²) in [6.07, 6.45) is 8.07. The lowest BCUT2D eigenvalue weighted by atomic mass is 10.0. The lowest BCUT2D eigenvalue weighted by Gasteiger charge is -2.26. The topological polar surface area (TPSA) is 29.0 Å². The minimum atomic E-state index is 1.10. The zero-order valence-electron chi connectivity index (χ0n) is 10.8. The Morgan fingerprint density at radius 1 is 1.11 bits per heavy atom. The Bertz CT molecular complexity index is 578. The highest BCUT2D eigenvalue weighted by molar-refractivity contribution is 5.66. The number of aromatic nitrogens is 2. The fourth-order valence-electron chi connectivity index (χ4n) is 2.51. The maximum Gasteiger partial charge on any atom is 0.131 e. The molecule has 92 valence electrons. The molecule has 0 spiro atoms. The van der Waals surface area contributed by atoms with E-state index in [2.05, 4.69) is 41.0 Å². The van der Waals surface area contributed by atoms with Crippen LogP contribution in [0.2, 0.25) is 0 Å². The second kappa shape index (κ2) is 4.41. The van der Waals surface area contributed by atoms with Crippen LogP contribution in [0.25, 0.3) is 11.1 Å². The van der Waals surface area contributed by atoms with Crippen molar-refractivity contribution in [3.8, 4) is 11.1 Å². The summed E-state index contributed by atoms with van der Waals surface area (Å²) in [7, 11) is 2.11. The van der Waals surface area contributed by atoms with Crippen molar-refractivity contribution in [3.05, 3.63) is 41.9 Å². The molecule has 0 bridgehead atoms. The molecular formula is C15H17N3. The number of rotatable bonds is 1. The molecule has 0 fully saturated rings. The first kappa shape index (κ1) is 11.2. The number of hydrogen-bond acceptors (Lipinski definition) is 3. The van der Waals surface area contributed by atoms with E-state index in [1.54, 1.807) is 0 Å². The van der Waals surface area contributed by atoms with Crippen molar-refractivity contribution in [1.82, 2.24) is 9.97 Å². The van der Waals surface area contributed by atoms with Gasteiger partial charge < -0.3 is 4.90 Å². The Morgan fingerprint density at radius 2 is 1.94 bits per heavy atom. The number of anilines is 1. The zero-order valence-corrected chi connectivity index (χ0v) is 10.8. The highest BCUT2D eigenvalue weighted by Gasteiger charge is 2.15. The molecule has 0 radical (unpaired) electrons. The monoisotopic (exact) mass is 239 g/mol. The zero-order chi connectivity index (χ0) is 12.5. The van der Waals surface area contributed by atoms with Gasteiger partial charge in [-0.05, 0) is 43.0 Å². The molecule has 0 aliphatic carbocycles. The Morgan fingerprint density at radius 3 is 2.78 bits per heavy atom. The van der Waals surface area contributed by atoms with Gasteiger partial charge in [-0.25, -0.2) is 4.98 Å². The van der Waals surface area contributed by atoms with E-state index >= 15 is 0 Å². The number of nitrogens with zero attached hydrogens (tertiary/aromatic N) is 3. The van der Waals surface area contributed by atoms with Gasteiger partial charge in [0.05, 0.1) is 0 Å². The largest absolute Gasteiger partial charge is 0.359 e. The Balaban J connectivity index is 2.04. The van der Waals surface area contributed by atoms with Gasteiger partial charge in [0.25, 0.3) is 0 Å². The maximum absolute atomic E-state index is 4.60. The Kier molecular flexibility index (Phi) is 2.74. The number of fused-ring (bicyclic) bond motifs is 1. The Hall–Kier alpha value is -1.90. The van der Waals surface area contributed by atoms with E-state index in [1.165, 1.54) is 23.1 Å². The normalized spacial score (nSPS) is 14.4. The van der Waals surface area contributed by atoms with Gasteiger partial charge in [0.1, 0.15) is 5.82 Å². The van der Waals surface area contributed by atoms with Crippen molar-refractivity contribution in [2.75, 3.05) is 18.5 Å². The SMILES string of the molecule is Cc1cncc(-c2cnc3c(c2)CCCN3C)c1. The summed E-state index contributed by atoms with van der Waals surface area (Å²) in [4.78, 5) is 11.1. The van der Waals surface area contributed by atoms with E-state index in [-0.39, 0.29) is 0 Å². The summed E-state index contributed by atoms with van der Waals surface area (Å²) >= 11 is 0. The second-order valence-electron chi connectivity index (χ2n) is 4.98. The molecule has 0 aromatic carbocycles. The maximum atomic E-state index is 4.60. The summed E-state index contributed by atoms with van der Waals surface area (Å²) in [6, 6.07) is 4.41. The molecule has 3 rings (SSSR count). The molecule has 0 amide bonds. The Labute approximate surface area is 108 Å². The quantitative estimate of drug-likeness (QED) is 0.766. The summed E-state index contributed by atoms with van der Waals surface area (Å²) in [5.74, 6) is 1.13. The van der Waals surface area contributed by atoms with Gasteiger partial charge in [0.15, 0.2) is 0 Å². The van der Waals surface area contributed by atoms with E-state index in [4.69, 9.17) is 0 Å². The van der Waals surface area contributed by atoms with Crippen molar-refractivity contribution in [1.29, 1.82) is 0 Å². The molecule has 1 aliphatic heterocycles. The van der Waals surface area contributed by atoms with Crippen molar-refractivity contribution in [3.63, 3.8) is 0 Å². The third-order valence-electron chi connectivity index (χ3n) is 3.45. The van der Waals surface area contributed by atoms with Crippen LogP contribution in [0.15, 0.2) is 30.7 Å². The predicted molar refractivity (Wildman–Crippen MR) is 73.8 cm³/mol. The molecule has 0 N–H and O–H groups in total. The van der Waals surface area contributed by atoms with Crippen LogP contribution in [-0.4, -0.2) is 23.6 Å². The van der Waals surface area contributed by atoms with E-state index in [0.717, 1.165) is 24.3 Å². The van der Waals surface area contributed by atoms with E-state index in [0.29, 0.717) is 0 Å². The van der Waals surface area contributed by atoms with Gasteiger partial charge in [-0.15, -0.1) is 0 Å². The van der Waals surface area contributed by atoms with Crippen LogP contribution >= 0.6 is 0 Å². The third-order valence-corrected chi connectivity index (χ3v) is 3.45. The van der Waals surface area contributed by atoms with Crippen molar-refractivity contribution >= 4 is 5.82 Å². The number of aryl methyl sites for hydroxylation is 2. The summed E-state index contributed by atoms with van der Waals surface area (Å²) in [6.45, 7) is 3.17. The first-order valence-corrected chi connectivity index (χ1v) is 6.36. The minimum absolute atomic E-state index is 1.10. The van der Waals surface area contributed by atoms with Crippen molar-refractivity contribution in [2.24, 2.45) is 0 Å². The predicted octanol–water partition coefficient (Wildman–Crippen LogP) is 2.83. The highest BCUT2D eigenvalue weighted by Crippen LogP contribution is 2.28. The standard InChI is InChI=1S/C15H17N3/c1-11-6-13(9-16-8-11)14-7-12-4-3-5-18(2)15(12)17-10-14/h6-10H,3-5H2,1-2H3. The average molecular weight is 239 g/mol. The molecule has 0 atom stereocenters. The number of pyridine rings is 2. The third kappa shape index (κ3) is 1.96. The van der Waals surface area contributed by atoms with E-state index < -0.39 is 0 Å². The molecule has 3 heteroatoms. The van der Waals surface area contributed by atoms with Gasteiger partial charge in [-0.1, -0.05) is 0 Å². The van der Waals surface area contributed by atoms with Crippen molar-refractivity contribution in [2.45, 2.75) is 19.8 Å². The van der Waals surface area contributed by atoms with Crippen LogP contribution in [0.1, 0.15) is 17.5 Å². The molecule has 3 nitrogen and oxygen atoms in total. The molecule has 18 heavy (non-hydrogen) atoms. The first-order valence-electron chi connectivity index (χ1n) is 6.36. The highest BCUT2D eigenvalue weighted by atomic mass is 15.2. The second-order valence-corrected chi connectivity index (χ2v) is 4.98. The molecule has 0 saturated heterocycles. The van der Waals surface area contributed by atoms with Gasteiger partial charge in [0.2, 0.25) is 0 Å². The molecule has 3 heterocycles. The molecule has 1 aliphatic rings. The minimum Gasteiger partial charge on any atom is -0.359 e. The molecule has 0 saturated carbocycles. The molecule has 2 aromatic heterocycles. The van der Waals surface area contributed by atoms with Crippen LogP contribution in [0.5, 0.6) is 0 Å². The van der Waals surface area contributed by atoms with Crippen molar-refractivity contribution < 1.29 is 0 Å². The van der Waals surface area contributed by atoms with Gasteiger partial charge in [0, 0.05) is 43.3 Å². The van der Waals surface area contributed by atoms with E-state index in [9.17, 15) is 0 Å². The molecule has 0 unspecified atom stereocenters. The fraction of sp³-hybridized carbons (Fsp3) is 0.333. The first-order chi connectivity index (χ1) is 8.74. The van der Waals surface area contributed by atoms with Gasteiger partial charge >= 0.3 is 0 Å². The van der Waals surface area contributed by atoms with Crippen LogP contribution in [0, 0.1) is 6.92 Å². The summed E-state index contributed by atoms with van der Waals surface area (Å²) in [5, 5.41) is 0. The van der Waals surface area contributed by atoms with E-state index in [1.807, 2.05) is 18.6 Å². The summed E-state index contributed by atoms with van der Waals surface area (Å²) < 4.78 is 0. The van der Waals surface area contributed by atoms with Crippen LogP contribution < -0.4 is 4.90 Å². The molecular weight excluding hydrogens is 222 g/mol. The van der Waals surface area contributed by atoms with Crippen LogP contribution in [-0.2, 0) is 6.42 Å². The summed E-state index contributed by atoms with van der Waals surface area (Å²) in [5.41, 5.74) is 4.85. The van der Waals surface area contributed by atoms with Gasteiger partial charge in [-0.3, -0.25) is 4.98 Å². The average Bonchev–Trinajstić information content (AvgIpc) is 2.39. The lowest BCUT2D eigenvalue weighted by molar-refractivity contribution is 0.731. The van der Waals surface area contributed by atoms with Crippen LogP contribution in [0.3, 0.4) is 0 Å². The van der Waals surface area contributed by atoms with Gasteiger partial charge in [-0.2, -0.15) is 0 Å². The smallest absolute Gasteiger partial charge is 0.131 e. The van der Waals surface area contributed by atoms with Crippen LogP contribution in [0.4, 0.5) is 5.82 Å². The fourth-order valence-corrected chi connectivity index (χ4v) is 2.51. The number of hydrogen-bond donors (Lipinski definition) is 0. The molecule has 2 aromatic rings. The lowest BCUT2D eigenvalue weighted by Crippen LogP contribution is -2.25.